The van der Waals surface area contributed by atoms with Gasteiger partial charge in [0.05, 0.1) is 13.2 Å². The predicted molar refractivity (Wildman–Crippen MR) is 121 cm³/mol. The molecular weight excluding hydrogens is 388 g/mol. The molecule has 1 aliphatic heterocycles. The van der Waals surface area contributed by atoms with Gasteiger partial charge in [0.1, 0.15) is 0 Å². The van der Waals surface area contributed by atoms with E-state index in [1.54, 1.807) is 11.0 Å². The van der Waals surface area contributed by atoms with Gasteiger partial charge in [-0.25, -0.2) is 0 Å². The van der Waals surface area contributed by atoms with Crippen molar-refractivity contribution >= 4 is 17.4 Å². The van der Waals surface area contributed by atoms with Crippen LogP contribution in [0.3, 0.4) is 0 Å². The van der Waals surface area contributed by atoms with E-state index in [-0.39, 0.29) is 11.7 Å². The average Bonchev–Trinajstić information content (AvgIpc) is 3.11. The van der Waals surface area contributed by atoms with Gasteiger partial charge < -0.3 is 14.5 Å². The number of hydrogen-bond acceptors (Lipinski definition) is 4. The van der Waals surface area contributed by atoms with E-state index in [0.717, 1.165) is 35.5 Å². The fourth-order valence-electron chi connectivity index (χ4n) is 4.47. The quantitative estimate of drug-likeness (QED) is 0.508. The normalized spacial score (nSPS) is 14.9. The summed E-state index contributed by atoms with van der Waals surface area (Å²) in [5.41, 5.74) is 5.93. The molecule has 1 saturated heterocycles. The Kier molecular flexibility index (Phi) is 5.04. The van der Waals surface area contributed by atoms with Gasteiger partial charge in [-0.1, -0.05) is 48.5 Å². The Balaban J connectivity index is 1.38. The van der Waals surface area contributed by atoms with Gasteiger partial charge in [-0.2, -0.15) is 0 Å². The van der Waals surface area contributed by atoms with E-state index < -0.39 is 0 Å². The van der Waals surface area contributed by atoms with Gasteiger partial charge in [-0.05, 0) is 34.9 Å². The molecule has 5 rings (SSSR count). The van der Waals surface area contributed by atoms with Gasteiger partial charge in [0.2, 0.25) is 0 Å². The number of hydrogen-bond donors (Lipinski definition) is 0. The van der Waals surface area contributed by atoms with Crippen molar-refractivity contribution in [3.05, 3.63) is 89.0 Å². The first-order chi connectivity index (χ1) is 15.1. The minimum Gasteiger partial charge on any atom is -0.378 e. The number of rotatable bonds is 4. The van der Waals surface area contributed by atoms with Crippen LogP contribution >= 0.6 is 0 Å². The molecule has 156 valence electrons. The molecule has 3 aromatic carbocycles. The first-order valence-electron chi connectivity index (χ1n) is 10.6. The Labute approximate surface area is 181 Å². The highest BCUT2D eigenvalue weighted by atomic mass is 16.5. The maximum absolute atomic E-state index is 13.2. The maximum atomic E-state index is 13.2. The van der Waals surface area contributed by atoms with Crippen LogP contribution in [0, 0.1) is 0 Å². The van der Waals surface area contributed by atoms with Crippen molar-refractivity contribution < 1.29 is 14.3 Å². The molecule has 0 bridgehead atoms. The van der Waals surface area contributed by atoms with E-state index in [1.165, 1.54) is 0 Å². The molecule has 0 spiro atoms. The second-order valence-electron chi connectivity index (χ2n) is 8.02. The number of morpholine rings is 1. The molecule has 1 heterocycles. The third-order valence-electron chi connectivity index (χ3n) is 6.07. The van der Waals surface area contributed by atoms with Crippen LogP contribution in [0.15, 0.2) is 66.7 Å². The first kappa shape index (κ1) is 19.5. The zero-order valence-electron chi connectivity index (χ0n) is 17.5. The van der Waals surface area contributed by atoms with Gasteiger partial charge in [0.25, 0.3) is 5.91 Å². The molecule has 31 heavy (non-hydrogen) atoms. The number of carbonyl (C=O) groups is 2. The second kappa shape index (κ2) is 8.00. The molecule has 3 aromatic rings. The minimum atomic E-state index is -0.0941. The highest BCUT2D eigenvalue weighted by Gasteiger charge is 2.27. The molecule has 2 aliphatic rings. The standard InChI is InChI=1S/C26H24N2O3/c1-27(17-19-6-2-5-9-24(19)28-12-14-31-15-13-28)26(30)18-10-11-21-20-7-3-4-8-22(20)25(29)23(21)16-18/h2-11,16H,12-15,17H2,1H3. The maximum Gasteiger partial charge on any atom is 0.253 e. The number of ketones is 1. The summed E-state index contributed by atoms with van der Waals surface area (Å²) in [4.78, 5) is 30.0. The van der Waals surface area contributed by atoms with Crippen molar-refractivity contribution in [3.63, 3.8) is 0 Å². The van der Waals surface area contributed by atoms with Crippen LogP contribution in [0.1, 0.15) is 31.8 Å². The van der Waals surface area contributed by atoms with Crippen LogP contribution in [0.25, 0.3) is 11.1 Å². The van der Waals surface area contributed by atoms with E-state index in [4.69, 9.17) is 4.74 Å². The van der Waals surface area contributed by atoms with Crippen molar-refractivity contribution in [1.82, 2.24) is 4.90 Å². The van der Waals surface area contributed by atoms with Crippen molar-refractivity contribution in [2.45, 2.75) is 6.54 Å². The zero-order valence-corrected chi connectivity index (χ0v) is 17.5. The fraction of sp³-hybridized carbons (Fsp3) is 0.231. The summed E-state index contributed by atoms with van der Waals surface area (Å²) in [7, 11) is 1.81. The van der Waals surface area contributed by atoms with E-state index in [1.807, 2.05) is 55.6 Å². The number of anilines is 1. The Morgan fingerprint density at radius 3 is 2.39 bits per heavy atom. The topological polar surface area (TPSA) is 49.9 Å². The molecule has 0 N–H and O–H groups in total. The monoisotopic (exact) mass is 412 g/mol. The van der Waals surface area contributed by atoms with Crippen molar-refractivity contribution in [3.8, 4) is 11.1 Å². The van der Waals surface area contributed by atoms with Crippen molar-refractivity contribution in [1.29, 1.82) is 0 Å². The molecule has 5 heteroatoms. The predicted octanol–water partition coefficient (Wildman–Crippen LogP) is 4.01. The third kappa shape index (κ3) is 3.51. The smallest absolute Gasteiger partial charge is 0.253 e. The number of nitrogens with zero attached hydrogens (tertiary/aromatic N) is 2. The summed E-state index contributed by atoms with van der Waals surface area (Å²) in [6.07, 6.45) is 0. The van der Waals surface area contributed by atoms with Gasteiger partial charge in [0.15, 0.2) is 5.78 Å². The lowest BCUT2D eigenvalue weighted by Gasteiger charge is -2.31. The summed E-state index contributed by atoms with van der Waals surface area (Å²) in [5.74, 6) is -0.107. The summed E-state index contributed by atoms with van der Waals surface area (Å²) in [6.45, 7) is 3.63. The highest BCUT2D eigenvalue weighted by molar-refractivity contribution is 6.22. The first-order valence-corrected chi connectivity index (χ1v) is 10.6. The SMILES string of the molecule is CN(Cc1ccccc1N1CCOCC1)C(=O)c1ccc2c(c1)C(=O)c1ccccc1-2. The van der Waals surface area contributed by atoms with Crippen LogP contribution in [0.4, 0.5) is 5.69 Å². The molecule has 0 atom stereocenters. The van der Waals surface area contributed by atoms with Crippen LogP contribution in [-0.4, -0.2) is 49.9 Å². The van der Waals surface area contributed by atoms with Gasteiger partial charge >= 0.3 is 0 Å². The molecule has 0 radical (unpaired) electrons. The Hall–Kier alpha value is -3.44. The second-order valence-corrected chi connectivity index (χ2v) is 8.02. The molecule has 1 fully saturated rings. The van der Waals surface area contributed by atoms with E-state index >= 15 is 0 Å². The molecule has 1 amide bonds. The molecule has 0 aromatic heterocycles. The van der Waals surface area contributed by atoms with Crippen LogP contribution < -0.4 is 4.90 Å². The van der Waals surface area contributed by atoms with Crippen LogP contribution in [-0.2, 0) is 11.3 Å². The summed E-state index contributed by atoms with van der Waals surface area (Å²) in [5, 5.41) is 0. The molecule has 0 saturated carbocycles. The number of benzene rings is 3. The molecule has 0 unspecified atom stereocenters. The number of fused-ring (bicyclic) bond motifs is 3. The Morgan fingerprint density at radius 2 is 1.58 bits per heavy atom. The van der Waals surface area contributed by atoms with E-state index in [9.17, 15) is 9.59 Å². The summed E-state index contributed by atoms with van der Waals surface area (Å²) in [6, 6.07) is 21.2. The Morgan fingerprint density at radius 1 is 0.903 bits per heavy atom. The lowest BCUT2D eigenvalue weighted by atomic mass is 10.0. The summed E-state index contributed by atoms with van der Waals surface area (Å²) >= 11 is 0. The Bertz CT molecular complexity index is 1160. The van der Waals surface area contributed by atoms with Crippen LogP contribution in [0.5, 0.6) is 0 Å². The molecule has 5 nitrogen and oxygen atoms in total. The summed E-state index contributed by atoms with van der Waals surface area (Å²) < 4.78 is 5.47. The van der Waals surface area contributed by atoms with Crippen LogP contribution in [0.2, 0.25) is 0 Å². The van der Waals surface area contributed by atoms with E-state index in [0.29, 0.717) is 36.4 Å². The third-order valence-corrected chi connectivity index (χ3v) is 6.07. The average molecular weight is 412 g/mol. The minimum absolute atomic E-state index is 0.0134. The van der Waals surface area contributed by atoms with Gasteiger partial charge in [-0.3, -0.25) is 9.59 Å². The van der Waals surface area contributed by atoms with Gasteiger partial charge in [0, 0.05) is 49.1 Å². The largest absolute Gasteiger partial charge is 0.378 e. The zero-order chi connectivity index (χ0) is 21.4. The number of carbonyl (C=O) groups excluding carboxylic acids is 2. The molecule has 1 aliphatic carbocycles. The molecular formula is C26H24N2O3. The lowest BCUT2D eigenvalue weighted by Crippen LogP contribution is -2.37. The van der Waals surface area contributed by atoms with Gasteiger partial charge in [-0.15, -0.1) is 0 Å². The lowest BCUT2D eigenvalue weighted by molar-refractivity contribution is 0.0785. The van der Waals surface area contributed by atoms with Crippen molar-refractivity contribution in [2.24, 2.45) is 0 Å². The number of amides is 1. The fourth-order valence-corrected chi connectivity index (χ4v) is 4.47. The number of para-hydroxylation sites is 1. The number of ether oxygens (including phenoxy) is 1. The van der Waals surface area contributed by atoms with Crippen molar-refractivity contribution in [2.75, 3.05) is 38.3 Å². The highest BCUT2D eigenvalue weighted by Crippen LogP contribution is 2.37. The van der Waals surface area contributed by atoms with E-state index in [2.05, 4.69) is 17.0 Å².